The molecule has 0 aromatic rings. The van der Waals surface area contributed by atoms with Gasteiger partial charge in [0.1, 0.15) is 0 Å². The molecule has 0 aromatic heterocycles. The predicted molar refractivity (Wildman–Crippen MR) is 65.1 cm³/mol. The van der Waals surface area contributed by atoms with Gasteiger partial charge >= 0.3 is 0 Å². The van der Waals surface area contributed by atoms with Gasteiger partial charge in [0.2, 0.25) is 0 Å². The fourth-order valence-corrected chi connectivity index (χ4v) is 2.62. The third-order valence-electron chi connectivity index (χ3n) is 4.49. The molecule has 0 amide bonds. The lowest BCUT2D eigenvalue weighted by Crippen LogP contribution is -2.68. The van der Waals surface area contributed by atoms with E-state index in [1.807, 2.05) is 7.11 Å². The Hall–Kier alpha value is -0.0800. The van der Waals surface area contributed by atoms with Crippen LogP contribution in [0.15, 0.2) is 0 Å². The molecule has 3 atom stereocenters. The van der Waals surface area contributed by atoms with Crippen LogP contribution in [0.3, 0.4) is 0 Å². The van der Waals surface area contributed by atoms with Gasteiger partial charge in [-0.05, 0) is 26.7 Å². The van der Waals surface area contributed by atoms with Gasteiger partial charge in [0.15, 0.2) is 0 Å². The van der Waals surface area contributed by atoms with Gasteiger partial charge in [-0.2, -0.15) is 0 Å². The molecule has 2 nitrogen and oxygen atoms in total. The van der Waals surface area contributed by atoms with Crippen LogP contribution < -0.4 is 5.32 Å². The van der Waals surface area contributed by atoms with Gasteiger partial charge in [-0.3, -0.25) is 0 Å². The van der Waals surface area contributed by atoms with Crippen molar-refractivity contribution in [2.75, 3.05) is 7.11 Å². The molecule has 0 heterocycles. The molecule has 3 unspecified atom stereocenters. The Bertz CT molecular complexity index is 215. The largest absolute Gasteiger partial charge is 0.378 e. The number of hydrogen-bond acceptors (Lipinski definition) is 2. The molecule has 0 spiro atoms. The first-order chi connectivity index (χ1) is 6.87. The molecule has 1 aliphatic rings. The molecular weight excluding hydrogens is 186 g/mol. The molecule has 0 aromatic carbocycles. The first-order valence-corrected chi connectivity index (χ1v) is 6.18. The highest BCUT2D eigenvalue weighted by Crippen LogP contribution is 2.51. The minimum Gasteiger partial charge on any atom is -0.378 e. The van der Waals surface area contributed by atoms with E-state index in [-0.39, 0.29) is 11.0 Å². The summed E-state index contributed by atoms with van der Waals surface area (Å²) in [4.78, 5) is 0. The lowest BCUT2D eigenvalue weighted by Gasteiger charge is -2.60. The van der Waals surface area contributed by atoms with E-state index in [1.54, 1.807) is 0 Å². The summed E-state index contributed by atoms with van der Waals surface area (Å²) in [6, 6.07) is 1.23. The summed E-state index contributed by atoms with van der Waals surface area (Å²) >= 11 is 0. The van der Waals surface area contributed by atoms with Crippen molar-refractivity contribution in [2.24, 2.45) is 5.41 Å². The average molecular weight is 213 g/mol. The third kappa shape index (κ3) is 2.21. The van der Waals surface area contributed by atoms with E-state index in [0.717, 1.165) is 6.42 Å². The zero-order valence-corrected chi connectivity index (χ0v) is 11.2. The summed E-state index contributed by atoms with van der Waals surface area (Å²) in [6.45, 7) is 11.3. The molecule has 2 heteroatoms. The maximum absolute atomic E-state index is 5.62. The monoisotopic (exact) mass is 213 g/mol. The van der Waals surface area contributed by atoms with Crippen molar-refractivity contribution >= 4 is 0 Å². The molecule has 0 aliphatic heterocycles. The predicted octanol–water partition coefficient (Wildman–Crippen LogP) is 2.97. The molecule has 1 aliphatic carbocycles. The van der Waals surface area contributed by atoms with Gasteiger partial charge in [0.25, 0.3) is 0 Å². The van der Waals surface area contributed by atoms with Gasteiger partial charge in [0.05, 0.1) is 5.60 Å². The second-order valence-corrected chi connectivity index (χ2v) is 5.77. The summed E-state index contributed by atoms with van der Waals surface area (Å²) in [5.41, 5.74) is 0.292. The van der Waals surface area contributed by atoms with Crippen molar-refractivity contribution in [3.63, 3.8) is 0 Å². The fraction of sp³-hybridized carbons (Fsp3) is 1.00. The van der Waals surface area contributed by atoms with E-state index < -0.39 is 0 Å². The highest BCUT2D eigenvalue weighted by Gasteiger charge is 2.57. The van der Waals surface area contributed by atoms with E-state index in [2.05, 4.69) is 39.9 Å². The molecule has 0 saturated heterocycles. The maximum atomic E-state index is 5.62. The standard InChI is InChI=1S/C13H27NO/c1-7-8-10(2)14-11-9-13(5,15-6)12(11,3)4/h10-11,14H,7-9H2,1-6H3. The summed E-state index contributed by atoms with van der Waals surface area (Å²) < 4.78 is 5.62. The molecule has 90 valence electrons. The summed E-state index contributed by atoms with van der Waals surface area (Å²) in [7, 11) is 1.83. The van der Waals surface area contributed by atoms with Crippen LogP contribution in [0.1, 0.15) is 53.9 Å². The Kier molecular flexibility index (Phi) is 3.83. The quantitative estimate of drug-likeness (QED) is 0.758. The third-order valence-corrected chi connectivity index (χ3v) is 4.49. The lowest BCUT2D eigenvalue weighted by atomic mass is 9.55. The molecule has 1 N–H and O–H groups in total. The Morgan fingerprint density at radius 2 is 2.00 bits per heavy atom. The van der Waals surface area contributed by atoms with E-state index in [0.29, 0.717) is 12.1 Å². The number of hydrogen-bond donors (Lipinski definition) is 1. The van der Waals surface area contributed by atoms with Crippen LogP contribution in [0, 0.1) is 5.41 Å². The second-order valence-electron chi connectivity index (χ2n) is 5.77. The van der Waals surface area contributed by atoms with Gasteiger partial charge in [-0.1, -0.05) is 27.2 Å². The maximum Gasteiger partial charge on any atom is 0.0731 e. The number of nitrogens with one attached hydrogen (secondary N) is 1. The summed E-state index contributed by atoms with van der Waals surface area (Å²) in [5.74, 6) is 0. The second kappa shape index (κ2) is 4.42. The van der Waals surface area contributed by atoms with Crippen LogP contribution in [0.25, 0.3) is 0 Å². The van der Waals surface area contributed by atoms with Crippen LogP contribution in [0.4, 0.5) is 0 Å². The van der Waals surface area contributed by atoms with Crippen LogP contribution >= 0.6 is 0 Å². The van der Waals surface area contributed by atoms with Crippen LogP contribution in [0.5, 0.6) is 0 Å². The Morgan fingerprint density at radius 3 is 2.40 bits per heavy atom. The van der Waals surface area contributed by atoms with Gasteiger partial charge in [-0.25, -0.2) is 0 Å². The van der Waals surface area contributed by atoms with Crippen molar-refractivity contribution in [2.45, 2.75) is 71.6 Å². The van der Waals surface area contributed by atoms with E-state index in [1.165, 1.54) is 12.8 Å². The molecule has 15 heavy (non-hydrogen) atoms. The molecule has 0 bridgehead atoms. The highest BCUT2D eigenvalue weighted by atomic mass is 16.5. The van der Waals surface area contributed by atoms with Crippen molar-refractivity contribution in [3.8, 4) is 0 Å². The summed E-state index contributed by atoms with van der Waals surface area (Å²) in [5, 5.41) is 3.72. The van der Waals surface area contributed by atoms with E-state index in [9.17, 15) is 0 Å². The van der Waals surface area contributed by atoms with Crippen molar-refractivity contribution in [1.29, 1.82) is 0 Å². The zero-order valence-electron chi connectivity index (χ0n) is 11.2. The first kappa shape index (κ1) is 13.0. The van der Waals surface area contributed by atoms with Crippen LogP contribution in [-0.4, -0.2) is 24.8 Å². The lowest BCUT2D eigenvalue weighted by molar-refractivity contribution is -0.182. The van der Waals surface area contributed by atoms with Crippen LogP contribution in [0.2, 0.25) is 0 Å². The number of rotatable bonds is 5. The van der Waals surface area contributed by atoms with Crippen molar-refractivity contribution in [3.05, 3.63) is 0 Å². The Morgan fingerprint density at radius 1 is 1.40 bits per heavy atom. The van der Waals surface area contributed by atoms with E-state index >= 15 is 0 Å². The van der Waals surface area contributed by atoms with Gasteiger partial charge < -0.3 is 10.1 Å². The normalized spacial score (nSPS) is 36.0. The SMILES string of the molecule is CCCC(C)NC1CC(C)(OC)C1(C)C. The number of methoxy groups -OCH3 is 1. The summed E-state index contributed by atoms with van der Waals surface area (Å²) in [6.07, 6.45) is 3.64. The van der Waals surface area contributed by atoms with Gasteiger partial charge in [-0.15, -0.1) is 0 Å². The Balaban J connectivity index is 2.48. The van der Waals surface area contributed by atoms with Crippen molar-refractivity contribution < 1.29 is 4.74 Å². The topological polar surface area (TPSA) is 21.3 Å². The van der Waals surface area contributed by atoms with Gasteiger partial charge in [0, 0.05) is 24.6 Å². The minimum absolute atomic E-state index is 0.0522. The Labute approximate surface area is 94.8 Å². The van der Waals surface area contributed by atoms with Crippen LogP contribution in [-0.2, 0) is 4.74 Å². The molecule has 1 rings (SSSR count). The zero-order chi connectivity index (χ0) is 11.7. The molecular formula is C13H27NO. The first-order valence-electron chi connectivity index (χ1n) is 6.18. The molecule has 1 saturated carbocycles. The minimum atomic E-state index is 0.0522. The fourth-order valence-electron chi connectivity index (χ4n) is 2.62. The molecule has 0 radical (unpaired) electrons. The number of ether oxygens (including phenoxy) is 1. The molecule has 1 fully saturated rings. The van der Waals surface area contributed by atoms with Crippen molar-refractivity contribution in [1.82, 2.24) is 5.32 Å². The highest BCUT2D eigenvalue weighted by molar-refractivity contribution is 5.11. The smallest absolute Gasteiger partial charge is 0.0731 e. The van der Waals surface area contributed by atoms with E-state index in [4.69, 9.17) is 4.74 Å². The average Bonchev–Trinajstić information content (AvgIpc) is 2.17.